The normalized spacial score (nSPS) is 10.9. The summed E-state index contributed by atoms with van der Waals surface area (Å²) in [5.74, 6) is 0. The summed E-state index contributed by atoms with van der Waals surface area (Å²) < 4.78 is 1.34. The Hall–Kier alpha value is -2.38. The summed E-state index contributed by atoms with van der Waals surface area (Å²) in [5, 5.41) is 1.34. The molecule has 0 aliphatic rings. The number of hydrogen-bond acceptors (Lipinski definition) is 1. The first-order valence-corrected chi connectivity index (χ1v) is 7.87. The standard InChI is InChI=1S/C20H14S/c1-3-9-15(10-4-1)19-17-13-7-8-14-18(17)21-20(19)16-11-5-2-6-12-16/h1-14H. The first-order chi connectivity index (χ1) is 10.4. The van der Waals surface area contributed by atoms with Crippen LogP contribution < -0.4 is 0 Å². The van der Waals surface area contributed by atoms with Crippen LogP contribution in [0.3, 0.4) is 0 Å². The van der Waals surface area contributed by atoms with E-state index >= 15 is 0 Å². The molecule has 4 rings (SSSR count). The van der Waals surface area contributed by atoms with Gasteiger partial charge < -0.3 is 0 Å². The molecule has 0 fully saturated rings. The van der Waals surface area contributed by atoms with E-state index < -0.39 is 0 Å². The molecule has 0 bridgehead atoms. The molecule has 0 aliphatic carbocycles. The molecule has 0 radical (unpaired) electrons. The van der Waals surface area contributed by atoms with Crippen molar-refractivity contribution < 1.29 is 0 Å². The second-order valence-corrected chi connectivity index (χ2v) is 6.09. The smallest absolute Gasteiger partial charge is 0.0433 e. The van der Waals surface area contributed by atoms with E-state index in [0.717, 1.165) is 0 Å². The minimum atomic E-state index is 1.29. The highest BCUT2D eigenvalue weighted by Crippen LogP contribution is 2.44. The molecular formula is C20H14S. The van der Waals surface area contributed by atoms with Gasteiger partial charge >= 0.3 is 0 Å². The molecule has 0 nitrogen and oxygen atoms in total. The van der Waals surface area contributed by atoms with Crippen molar-refractivity contribution in [1.82, 2.24) is 0 Å². The lowest BCUT2D eigenvalue weighted by Gasteiger charge is -2.05. The number of benzene rings is 3. The van der Waals surface area contributed by atoms with Gasteiger partial charge in [-0.15, -0.1) is 11.3 Å². The van der Waals surface area contributed by atoms with Gasteiger partial charge in [-0.3, -0.25) is 0 Å². The maximum atomic E-state index is 2.22. The molecule has 1 heterocycles. The SMILES string of the molecule is c1ccc(-c2sc3ccccc3c2-c2ccccc2)cc1. The third-order valence-electron chi connectivity index (χ3n) is 3.69. The molecule has 0 amide bonds. The van der Waals surface area contributed by atoms with Crippen molar-refractivity contribution in [1.29, 1.82) is 0 Å². The molecule has 3 aromatic carbocycles. The van der Waals surface area contributed by atoms with Crippen LogP contribution in [0.4, 0.5) is 0 Å². The minimum Gasteiger partial charge on any atom is -0.135 e. The quantitative estimate of drug-likeness (QED) is 0.409. The first kappa shape index (κ1) is 12.4. The van der Waals surface area contributed by atoms with Crippen LogP contribution in [0.25, 0.3) is 31.7 Å². The van der Waals surface area contributed by atoms with Crippen molar-refractivity contribution >= 4 is 21.4 Å². The zero-order chi connectivity index (χ0) is 14.1. The third-order valence-corrected chi connectivity index (χ3v) is 4.91. The van der Waals surface area contributed by atoms with Crippen LogP contribution in [-0.4, -0.2) is 0 Å². The molecule has 0 saturated heterocycles. The predicted molar refractivity (Wildman–Crippen MR) is 92.7 cm³/mol. The highest BCUT2D eigenvalue weighted by molar-refractivity contribution is 7.23. The van der Waals surface area contributed by atoms with E-state index in [1.165, 1.54) is 31.7 Å². The van der Waals surface area contributed by atoms with Gasteiger partial charge in [0, 0.05) is 20.5 Å². The van der Waals surface area contributed by atoms with Gasteiger partial charge in [0.15, 0.2) is 0 Å². The highest BCUT2D eigenvalue weighted by atomic mass is 32.1. The Morgan fingerprint density at radius 1 is 0.524 bits per heavy atom. The Balaban J connectivity index is 2.07. The van der Waals surface area contributed by atoms with Crippen LogP contribution in [0.5, 0.6) is 0 Å². The molecule has 0 saturated carbocycles. The van der Waals surface area contributed by atoms with Crippen molar-refractivity contribution in [3.05, 3.63) is 84.9 Å². The molecule has 21 heavy (non-hydrogen) atoms. The van der Waals surface area contributed by atoms with Crippen molar-refractivity contribution in [3.63, 3.8) is 0 Å². The fourth-order valence-corrected chi connectivity index (χ4v) is 3.96. The molecule has 0 N–H and O–H groups in total. The highest BCUT2D eigenvalue weighted by Gasteiger charge is 2.14. The molecule has 0 aliphatic heterocycles. The van der Waals surface area contributed by atoms with Crippen LogP contribution in [0.1, 0.15) is 0 Å². The van der Waals surface area contributed by atoms with E-state index in [9.17, 15) is 0 Å². The number of rotatable bonds is 2. The Morgan fingerprint density at radius 2 is 1.10 bits per heavy atom. The van der Waals surface area contributed by atoms with Gasteiger partial charge in [-0.1, -0.05) is 78.9 Å². The summed E-state index contributed by atoms with van der Waals surface area (Å²) in [6, 6.07) is 30.0. The Labute approximate surface area is 128 Å². The van der Waals surface area contributed by atoms with Crippen LogP contribution in [0.15, 0.2) is 84.9 Å². The summed E-state index contributed by atoms with van der Waals surface area (Å²) in [6.45, 7) is 0. The van der Waals surface area contributed by atoms with E-state index in [-0.39, 0.29) is 0 Å². The monoisotopic (exact) mass is 286 g/mol. The molecule has 1 aromatic heterocycles. The zero-order valence-corrected chi connectivity index (χ0v) is 12.3. The van der Waals surface area contributed by atoms with E-state index in [1.807, 2.05) is 11.3 Å². The van der Waals surface area contributed by atoms with Gasteiger partial charge in [-0.05, 0) is 17.2 Å². The van der Waals surface area contributed by atoms with Crippen LogP contribution in [0, 0.1) is 0 Å². The number of hydrogen-bond donors (Lipinski definition) is 0. The summed E-state index contributed by atoms with van der Waals surface area (Å²) in [4.78, 5) is 1.35. The van der Waals surface area contributed by atoms with Gasteiger partial charge in [0.05, 0.1) is 0 Å². The molecule has 0 atom stereocenters. The van der Waals surface area contributed by atoms with E-state index in [2.05, 4.69) is 84.9 Å². The third kappa shape index (κ3) is 2.16. The van der Waals surface area contributed by atoms with Crippen LogP contribution in [-0.2, 0) is 0 Å². The number of thiophene rings is 1. The van der Waals surface area contributed by atoms with Gasteiger partial charge in [-0.2, -0.15) is 0 Å². The van der Waals surface area contributed by atoms with Crippen molar-refractivity contribution in [2.75, 3.05) is 0 Å². The fourth-order valence-electron chi connectivity index (χ4n) is 2.73. The van der Waals surface area contributed by atoms with Gasteiger partial charge in [0.25, 0.3) is 0 Å². The van der Waals surface area contributed by atoms with Gasteiger partial charge in [0.2, 0.25) is 0 Å². The average Bonchev–Trinajstić information content (AvgIpc) is 2.96. The second kappa shape index (κ2) is 5.19. The zero-order valence-electron chi connectivity index (χ0n) is 11.5. The van der Waals surface area contributed by atoms with Crippen molar-refractivity contribution in [2.45, 2.75) is 0 Å². The minimum absolute atomic E-state index is 1.29. The second-order valence-electron chi connectivity index (χ2n) is 5.03. The number of fused-ring (bicyclic) bond motifs is 1. The van der Waals surface area contributed by atoms with Crippen molar-refractivity contribution in [3.8, 4) is 21.6 Å². The maximum absolute atomic E-state index is 2.22. The molecule has 4 aromatic rings. The average molecular weight is 286 g/mol. The summed E-state index contributed by atoms with van der Waals surface area (Å²) in [7, 11) is 0. The van der Waals surface area contributed by atoms with E-state index in [0.29, 0.717) is 0 Å². The predicted octanol–water partition coefficient (Wildman–Crippen LogP) is 6.24. The van der Waals surface area contributed by atoms with Gasteiger partial charge in [-0.25, -0.2) is 0 Å². The molecular weight excluding hydrogens is 272 g/mol. The summed E-state index contributed by atoms with van der Waals surface area (Å²) in [5.41, 5.74) is 3.92. The topological polar surface area (TPSA) is 0 Å². The molecule has 100 valence electrons. The molecule has 0 unspecified atom stereocenters. The van der Waals surface area contributed by atoms with E-state index in [4.69, 9.17) is 0 Å². The Bertz CT molecular complexity index is 874. The largest absolute Gasteiger partial charge is 0.135 e. The van der Waals surface area contributed by atoms with Gasteiger partial charge in [0.1, 0.15) is 0 Å². The fraction of sp³-hybridized carbons (Fsp3) is 0. The summed E-state index contributed by atoms with van der Waals surface area (Å²) >= 11 is 1.87. The van der Waals surface area contributed by atoms with Crippen LogP contribution >= 0.6 is 11.3 Å². The van der Waals surface area contributed by atoms with E-state index in [1.54, 1.807) is 0 Å². The molecule has 1 heteroatoms. The lowest BCUT2D eigenvalue weighted by molar-refractivity contribution is 1.66. The van der Waals surface area contributed by atoms with Crippen LogP contribution in [0.2, 0.25) is 0 Å². The van der Waals surface area contributed by atoms with Crippen molar-refractivity contribution in [2.24, 2.45) is 0 Å². The lowest BCUT2D eigenvalue weighted by atomic mass is 9.99. The first-order valence-electron chi connectivity index (χ1n) is 7.06. The lowest BCUT2D eigenvalue weighted by Crippen LogP contribution is -1.79. The maximum Gasteiger partial charge on any atom is 0.0433 e. The Kier molecular flexibility index (Phi) is 3.06. The summed E-state index contributed by atoms with van der Waals surface area (Å²) in [6.07, 6.45) is 0. The Morgan fingerprint density at radius 3 is 1.81 bits per heavy atom. The molecule has 0 spiro atoms.